The van der Waals surface area contributed by atoms with Gasteiger partial charge < -0.3 is 10.2 Å². The average molecular weight is 296 g/mol. The third-order valence-corrected chi connectivity index (χ3v) is 3.28. The number of carboxylic acids is 1. The molecule has 0 bridgehead atoms. The summed E-state index contributed by atoms with van der Waals surface area (Å²) in [6.07, 6.45) is -0.0145. The number of hydrogen-bond donors (Lipinski definition) is 2. The molecule has 0 aliphatic carbocycles. The zero-order valence-electron chi connectivity index (χ0n) is 13.0. The number of carboxylic acid groups (broad SMARTS) is 1. The number of aliphatic hydroxyl groups is 1. The molecule has 0 aliphatic rings. The Balaban J connectivity index is 2.98. The largest absolute Gasteiger partial charge is 0.479 e. The average Bonchev–Trinajstić information content (AvgIpc) is 2.39. The van der Waals surface area contributed by atoms with Gasteiger partial charge in [-0.05, 0) is 32.8 Å². The van der Waals surface area contributed by atoms with Crippen molar-refractivity contribution in [2.75, 3.05) is 0 Å². The van der Waals surface area contributed by atoms with Gasteiger partial charge in [0.2, 0.25) is 5.60 Å². The molecule has 0 spiro atoms. The van der Waals surface area contributed by atoms with Crippen molar-refractivity contribution in [2.45, 2.75) is 57.8 Å². The Morgan fingerprint density at radius 2 is 1.81 bits per heavy atom. The lowest BCUT2D eigenvalue weighted by molar-refractivity contribution is -0.407. The fraction of sp³-hybridized carbons (Fsp3) is 0.562. The number of hydrogen-bond acceptors (Lipinski definition) is 4. The molecule has 5 heteroatoms. The molecule has 1 rings (SSSR count). The Morgan fingerprint density at radius 1 is 1.24 bits per heavy atom. The van der Waals surface area contributed by atoms with E-state index in [1.165, 1.54) is 0 Å². The van der Waals surface area contributed by atoms with Crippen LogP contribution in [-0.4, -0.2) is 27.9 Å². The molecule has 0 fully saturated rings. The summed E-state index contributed by atoms with van der Waals surface area (Å²) >= 11 is 0. The summed E-state index contributed by atoms with van der Waals surface area (Å²) < 4.78 is 0. The highest BCUT2D eigenvalue weighted by atomic mass is 17.2. The topological polar surface area (TPSA) is 76.0 Å². The summed E-state index contributed by atoms with van der Waals surface area (Å²) in [6, 6.07) is 8.72. The second-order valence-electron chi connectivity index (χ2n) is 5.83. The van der Waals surface area contributed by atoms with Gasteiger partial charge in [0.1, 0.15) is 5.60 Å². The van der Waals surface area contributed by atoms with Gasteiger partial charge in [0.05, 0.1) is 6.10 Å². The van der Waals surface area contributed by atoms with Gasteiger partial charge in [0.15, 0.2) is 0 Å². The predicted octanol–water partition coefficient (Wildman–Crippen LogP) is 2.87. The quantitative estimate of drug-likeness (QED) is 0.570. The summed E-state index contributed by atoms with van der Waals surface area (Å²) in [7, 11) is 0. The molecule has 2 atom stereocenters. The summed E-state index contributed by atoms with van der Waals surface area (Å²) in [5, 5.41) is 19.1. The van der Waals surface area contributed by atoms with Crippen LogP contribution in [0.5, 0.6) is 0 Å². The minimum Gasteiger partial charge on any atom is -0.479 e. The molecule has 2 unspecified atom stereocenters. The van der Waals surface area contributed by atoms with Crippen molar-refractivity contribution >= 4 is 5.97 Å². The Labute approximate surface area is 125 Å². The maximum absolute atomic E-state index is 11.7. The van der Waals surface area contributed by atoms with E-state index in [0.717, 1.165) is 0 Å². The van der Waals surface area contributed by atoms with Crippen LogP contribution in [0.25, 0.3) is 0 Å². The van der Waals surface area contributed by atoms with Gasteiger partial charge in [-0.15, -0.1) is 0 Å². The molecule has 2 N–H and O–H groups in total. The molecule has 118 valence electrons. The lowest BCUT2D eigenvalue weighted by Gasteiger charge is -2.33. The highest BCUT2D eigenvalue weighted by molar-refractivity contribution is 5.79. The second kappa shape index (κ2) is 7.02. The van der Waals surface area contributed by atoms with E-state index in [4.69, 9.17) is 9.78 Å². The van der Waals surface area contributed by atoms with Crippen molar-refractivity contribution in [2.24, 2.45) is 0 Å². The first-order valence-electron chi connectivity index (χ1n) is 7.07. The molecule has 5 nitrogen and oxygen atoms in total. The first kappa shape index (κ1) is 17.6. The van der Waals surface area contributed by atoms with E-state index >= 15 is 0 Å². The van der Waals surface area contributed by atoms with E-state index in [-0.39, 0.29) is 6.42 Å². The molecule has 0 saturated heterocycles. The van der Waals surface area contributed by atoms with E-state index in [0.29, 0.717) is 12.0 Å². The predicted molar refractivity (Wildman–Crippen MR) is 78.6 cm³/mol. The van der Waals surface area contributed by atoms with Crippen LogP contribution in [-0.2, 0) is 20.2 Å². The Hall–Kier alpha value is -1.43. The Kier molecular flexibility index (Phi) is 5.89. The fourth-order valence-corrected chi connectivity index (χ4v) is 2.26. The minimum absolute atomic E-state index is 0.219. The van der Waals surface area contributed by atoms with Crippen LogP contribution in [0.4, 0.5) is 0 Å². The lowest BCUT2D eigenvalue weighted by Crippen LogP contribution is -2.41. The monoisotopic (exact) mass is 296 g/mol. The Morgan fingerprint density at radius 3 is 2.24 bits per heavy atom. The van der Waals surface area contributed by atoms with Crippen LogP contribution >= 0.6 is 0 Å². The summed E-state index contributed by atoms with van der Waals surface area (Å²) in [5.41, 5.74) is -1.83. The van der Waals surface area contributed by atoms with E-state index in [1.54, 1.807) is 52.0 Å². The van der Waals surface area contributed by atoms with Crippen molar-refractivity contribution in [3.05, 3.63) is 35.9 Å². The van der Waals surface area contributed by atoms with E-state index in [1.807, 2.05) is 6.07 Å². The SMILES string of the molecule is CCC(OOC(C)(C)CC(C)O)(C(=O)O)c1ccccc1. The highest BCUT2D eigenvalue weighted by Crippen LogP contribution is 2.32. The summed E-state index contributed by atoms with van der Waals surface area (Å²) in [4.78, 5) is 22.5. The fourth-order valence-electron chi connectivity index (χ4n) is 2.26. The zero-order valence-corrected chi connectivity index (χ0v) is 13.0. The van der Waals surface area contributed by atoms with E-state index < -0.39 is 23.3 Å². The first-order chi connectivity index (χ1) is 9.73. The van der Waals surface area contributed by atoms with Crippen molar-refractivity contribution in [1.29, 1.82) is 0 Å². The summed E-state index contributed by atoms with van der Waals surface area (Å²) in [6.45, 7) is 6.86. The van der Waals surface area contributed by atoms with Gasteiger partial charge in [-0.25, -0.2) is 14.6 Å². The lowest BCUT2D eigenvalue weighted by atomic mass is 9.91. The molecule has 1 aromatic carbocycles. The number of aliphatic hydroxyl groups excluding tert-OH is 1. The highest BCUT2D eigenvalue weighted by Gasteiger charge is 2.43. The Bertz CT molecular complexity index is 455. The van der Waals surface area contributed by atoms with Crippen LogP contribution in [0.2, 0.25) is 0 Å². The van der Waals surface area contributed by atoms with Gasteiger partial charge >= 0.3 is 5.97 Å². The maximum Gasteiger partial charge on any atom is 0.344 e. The van der Waals surface area contributed by atoms with Crippen molar-refractivity contribution in [1.82, 2.24) is 0 Å². The molecular weight excluding hydrogens is 272 g/mol. The van der Waals surface area contributed by atoms with Crippen LogP contribution in [0.1, 0.15) is 46.1 Å². The third-order valence-electron chi connectivity index (χ3n) is 3.28. The van der Waals surface area contributed by atoms with Crippen LogP contribution in [0.15, 0.2) is 30.3 Å². The van der Waals surface area contributed by atoms with Crippen LogP contribution in [0, 0.1) is 0 Å². The molecule has 1 aromatic rings. The second-order valence-corrected chi connectivity index (χ2v) is 5.83. The zero-order chi connectivity index (χ0) is 16.1. The normalized spacial score (nSPS) is 16.2. The number of aliphatic carboxylic acids is 1. The smallest absolute Gasteiger partial charge is 0.344 e. The third kappa shape index (κ3) is 4.52. The van der Waals surface area contributed by atoms with E-state index in [2.05, 4.69) is 0 Å². The van der Waals surface area contributed by atoms with Gasteiger partial charge in [-0.3, -0.25) is 0 Å². The summed E-state index contributed by atoms with van der Waals surface area (Å²) in [5.74, 6) is -1.11. The van der Waals surface area contributed by atoms with Crippen molar-refractivity contribution in [3.8, 4) is 0 Å². The maximum atomic E-state index is 11.7. The number of carbonyl (C=O) groups is 1. The van der Waals surface area contributed by atoms with Gasteiger partial charge in [0, 0.05) is 6.42 Å². The van der Waals surface area contributed by atoms with Gasteiger partial charge in [-0.1, -0.05) is 37.3 Å². The van der Waals surface area contributed by atoms with Crippen LogP contribution in [0.3, 0.4) is 0 Å². The van der Waals surface area contributed by atoms with Crippen molar-refractivity contribution < 1.29 is 24.8 Å². The molecular formula is C16H24O5. The van der Waals surface area contributed by atoms with Crippen molar-refractivity contribution in [3.63, 3.8) is 0 Å². The molecule has 0 aromatic heterocycles. The molecule has 0 heterocycles. The number of rotatable bonds is 8. The molecule has 0 radical (unpaired) electrons. The molecule has 0 amide bonds. The van der Waals surface area contributed by atoms with E-state index in [9.17, 15) is 15.0 Å². The molecule has 21 heavy (non-hydrogen) atoms. The van der Waals surface area contributed by atoms with Gasteiger partial charge in [0.25, 0.3) is 0 Å². The number of benzene rings is 1. The molecule has 0 aliphatic heterocycles. The van der Waals surface area contributed by atoms with Gasteiger partial charge in [-0.2, -0.15) is 0 Å². The first-order valence-corrected chi connectivity index (χ1v) is 7.07. The standard InChI is InChI=1S/C16H24O5/c1-5-16(14(18)19,13-9-7-6-8-10-13)21-20-15(3,4)11-12(2)17/h6-10,12,17H,5,11H2,1-4H3,(H,18,19). The minimum atomic E-state index is -1.56. The van der Waals surface area contributed by atoms with Crippen LogP contribution < -0.4 is 0 Å². The molecule has 0 saturated carbocycles.